The first-order valence-corrected chi connectivity index (χ1v) is 24.4. The Hall–Kier alpha value is -6.10. The van der Waals surface area contributed by atoms with Crippen molar-refractivity contribution in [3.8, 4) is 22.3 Å². The maximum absolute atomic E-state index is 2.64. The van der Waals surface area contributed by atoms with E-state index in [1.807, 2.05) is 11.3 Å². The van der Waals surface area contributed by atoms with Gasteiger partial charge in [0.15, 0.2) is 0 Å². The molecule has 0 saturated carbocycles. The molecule has 2 aliphatic heterocycles. The van der Waals surface area contributed by atoms with Crippen LogP contribution in [0.5, 0.6) is 0 Å². The zero-order valence-electron chi connectivity index (χ0n) is 40.2. The predicted octanol–water partition coefficient (Wildman–Crippen LogP) is 18.4. The van der Waals surface area contributed by atoms with Crippen LogP contribution < -0.4 is 14.7 Å². The van der Waals surface area contributed by atoms with Gasteiger partial charge in [-0.15, -0.1) is 11.3 Å². The molecule has 0 radical (unpaired) electrons. The maximum atomic E-state index is 2.64. The first-order valence-electron chi connectivity index (χ1n) is 23.6. The highest BCUT2D eigenvalue weighted by Crippen LogP contribution is 2.68. The lowest BCUT2D eigenvalue weighted by atomic mass is 9.82. The molecule has 1 aliphatic carbocycles. The lowest BCUT2D eigenvalue weighted by Crippen LogP contribution is -2.30. The zero-order valence-corrected chi connectivity index (χ0v) is 41.1. The summed E-state index contributed by atoms with van der Waals surface area (Å²) in [5.41, 5.74) is 22.6. The van der Waals surface area contributed by atoms with Crippen molar-refractivity contribution < 1.29 is 0 Å². The van der Waals surface area contributed by atoms with Gasteiger partial charge in [-0.05, 0) is 139 Å². The first kappa shape index (κ1) is 41.6. The van der Waals surface area contributed by atoms with Crippen molar-refractivity contribution >= 4 is 71.9 Å². The molecule has 0 atom stereocenters. The molecule has 3 nitrogen and oxygen atoms in total. The van der Waals surface area contributed by atoms with Crippen LogP contribution in [0.4, 0.5) is 50.5 Å². The van der Waals surface area contributed by atoms with Gasteiger partial charge in [-0.2, -0.15) is 0 Å². The first-order chi connectivity index (χ1) is 30.8. The number of thiophene rings is 1. The van der Waals surface area contributed by atoms with E-state index in [1.165, 1.54) is 105 Å². The highest BCUT2D eigenvalue weighted by molar-refractivity contribution is 7.24. The maximum Gasteiger partial charge on any atom is 0.126 e. The summed E-state index contributed by atoms with van der Waals surface area (Å²) in [5, 5.41) is 2.54. The number of fused-ring (bicyclic) bond motifs is 9. The highest BCUT2D eigenvalue weighted by Gasteiger charge is 2.44. The van der Waals surface area contributed by atoms with Gasteiger partial charge in [0, 0.05) is 26.9 Å². The molecule has 0 saturated heterocycles. The number of nitrogens with zero attached hydrogens (tertiary/aromatic N) is 3. The highest BCUT2D eigenvalue weighted by atomic mass is 32.1. The number of benzene rings is 7. The van der Waals surface area contributed by atoms with Gasteiger partial charge >= 0.3 is 0 Å². The Labute approximate surface area is 391 Å². The van der Waals surface area contributed by atoms with Gasteiger partial charge in [-0.3, -0.25) is 4.90 Å². The molecule has 326 valence electrons. The molecule has 0 bridgehead atoms. The smallest absolute Gasteiger partial charge is 0.126 e. The van der Waals surface area contributed by atoms with E-state index in [-0.39, 0.29) is 21.7 Å². The molecular weight excluding hydrogens is 807 g/mol. The molecule has 0 unspecified atom stereocenters. The van der Waals surface area contributed by atoms with Crippen molar-refractivity contribution in [3.05, 3.63) is 173 Å². The monoisotopic (exact) mass is 867 g/mol. The fraction of sp³-hybridized carbons (Fsp3) is 0.279. The van der Waals surface area contributed by atoms with Crippen LogP contribution in [0.15, 0.2) is 140 Å². The average molecular weight is 868 g/mol. The summed E-state index contributed by atoms with van der Waals surface area (Å²) in [6.45, 7) is 27.8. The van der Waals surface area contributed by atoms with Crippen LogP contribution in [0.3, 0.4) is 0 Å². The number of anilines is 9. The van der Waals surface area contributed by atoms with Crippen LogP contribution >= 0.6 is 11.3 Å². The Kier molecular flexibility index (Phi) is 9.09. The van der Waals surface area contributed by atoms with E-state index in [4.69, 9.17) is 0 Å². The third-order valence-electron chi connectivity index (χ3n) is 14.6. The lowest BCUT2D eigenvalue weighted by Gasteiger charge is -2.46. The zero-order chi connectivity index (χ0) is 45.5. The van der Waals surface area contributed by atoms with Crippen LogP contribution in [0.1, 0.15) is 116 Å². The summed E-state index contributed by atoms with van der Waals surface area (Å²) >= 11 is 1.94. The van der Waals surface area contributed by atoms with Crippen molar-refractivity contribution in [1.82, 2.24) is 0 Å². The summed E-state index contributed by atoms with van der Waals surface area (Å²) in [6, 6.07) is 54.3. The van der Waals surface area contributed by atoms with E-state index in [2.05, 4.69) is 237 Å². The van der Waals surface area contributed by atoms with Gasteiger partial charge in [0.1, 0.15) is 5.00 Å². The minimum absolute atomic E-state index is 0.0272. The van der Waals surface area contributed by atoms with Crippen molar-refractivity contribution in [2.75, 3.05) is 14.7 Å². The van der Waals surface area contributed by atoms with Gasteiger partial charge in [0.05, 0.1) is 34.1 Å². The topological polar surface area (TPSA) is 9.72 Å². The van der Waals surface area contributed by atoms with Gasteiger partial charge in [0.2, 0.25) is 0 Å². The van der Waals surface area contributed by atoms with E-state index < -0.39 is 0 Å². The predicted molar refractivity (Wildman–Crippen MR) is 281 cm³/mol. The normalized spacial score (nSPS) is 14.9. The Bertz CT molecular complexity index is 3200. The molecule has 0 spiro atoms. The van der Waals surface area contributed by atoms with Gasteiger partial charge in [0.25, 0.3) is 0 Å². The minimum Gasteiger partial charge on any atom is -0.306 e. The Morgan fingerprint density at radius 1 is 0.462 bits per heavy atom. The number of hydrogen-bond donors (Lipinski definition) is 0. The number of aryl methyl sites for hydroxylation is 1. The van der Waals surface area contributed by atoms with Crippen LogP contribution in [-0.4, -0.2) is 0 Å². The van der Waals surface area contributed by atoms with E-state index in [0.717, 1.165) is 17.8 Å². The van der Waals surface area contributed by atoms with Crippen molar-refractivity contribution in [3.63, 3.8) is 0 Å². The second-order valence-corrected chi connectivity index (χ2v) is 23.3. The fourth-order valence-electron chi connectivity index (χ4n) is 10.6. The number of hydrogen-bond acceptors (Lipinski definition) is 4. The van der Waals surface area contributed by atoms with Crippen LogP contribution in [0.2, 0.25) is 0 Å². The molecule has 4 heteroatoms. The van der Waals surface area contributed by atoms with Gasteiger partial charge in [-0.1, -0.05) is 162 Å². The third kappa shape index (κ3) is 6.42. The quantitative estimate of drug-likeness (QED) is 0.174. The van der Waals surface area contributed by atoms with Gasteiger partial charge < -0.3 is 9.80 Å². The molecule has 8 aromatic rings. The van der Waals surface area contributed by atoms with Crippen LogP contribution in [-0.2, 0) is 28.1 Å². The Morgan fingerprint density at radius 3 is 1.63 bits per heavy atom. The van der Waals surface area contributed by atoms with E-state index in [1.54, 1.807) is 0 Å². The summed E-state index contributed by atoms with van der Waals surface area (Å²) in [5.74, 6) is 0. The number of rotatable bonds is 4. The second-order valence-electron chi connectivity index (χ2n) is 22.3. The van der Waals surface area contributed by atoms with E-state index >= 15 is 0 Å². The lowest BCUT2D eigenvalue weighted by molar-refractivity contribution is 0.590. The van der Waals surface area contributed by atoms with Crippen LogP contribution in [0.25, 0.3) is 32.3 Å². The van der Waals surface area contributed by atoms with E-state index in [9.17, 15) is 0 Å². The van der Waals surface area contributed by atoms with Gasteiger partial charge in [-0.25, -0.2) is 0 Å². The Morgan fingerprint density at radius 2 is 1.03 bits per heavy atom. The second kappa shape index (κ2) is 14.2. The third-order valence-corrected chi connectivity index (χ3v) is 15.7. The SMILES string of the molecule is CCc1ccc(-c2cc3c4c(c2)N(c2ccc(C(C)(C)C)cc2)c2c(sc5cc6c(cc25)-c2ccccc2C6(C)C)N4c2cc(C(C)(C)C)ccc2N3c2ccc(C(C)(C)C)cc2)cc1. The van der Waals surface area contributed by atoms with E-state index in [0.29, 0.717) is 0 Å². The standard InChI is InChI=1S/C61H61N3S/c1-13-37-18-20-38(21-19-37)39-32-52-56-53(33-39)63(44-29-24-41(25-30-44)59(5,6)7)55-47-35-46-45-16-14-15-17-48(45)61(11,12)49(46)36-54(47)65-57(55)64(56)51-34-42(60(8,9)10)26-31-50(51)62(52)43-27-22-40(23-28-43)58(2,3)4/h14-36H,13H2,1-12H3. The largest absolute Gasteiger partial charge is 0.306 e. The molecule has 65 heavy (non-hydrogen) atoms. The Balaban J connectivity index is 1.27. The van der Waals surface area contributed by atoms with Crippen molar-refractivity contribution in [2.24, 2.45) is 0 Å². The summed E-state index contributed by atoms with van der Waals surface area (Å²) < 4.78 is 1.31. The molecule has 0 N–H and O–H groups in total. The molecule has 3 heterocycles. The summed E-state index contributed by atoms with van der Waals surface area (Å²) in [4.78, 5) is 7.79. The summed E-state index contributed by atoms with van der Waals surface area (Å²) in [7, 11) is 0. The van der Waals surface area contributed by atoms with Crippen molar-refractivity contribution in [1.29, 1.82) is 0 Å². The molecule has 7 aromatic carbocycles. The molecular formula is C61H61N3S. The van der Waals surface area contributed by atoms with Crippen molar-refractivity contribution in [2.45, 2.75) is 111 Å². The average Bonchev–Trinajstić information content (AvgIpc) is 3.75. The summed E-state index contributed by atoms with van der Waals surface area (Å²) in [6.07, 6.45) is 1.01. The molecule has 3 aliphatic rings. The molecule has 0 amide bonds. The van der Waals surface area contributed by atoms with Crippen LogP contribution in [0, 0.1) is 0 Å². The fourth-order valence-corrected chi connectivity index (χ4v) is 11.8. The molecule has 11 rings (SSSR count). The molecule has 0 fully saturated rings. The minimum atomic E-state index is -0.103. The molecule has 1 aromatic heterocycles.